The molecule has 4 rings (SSSR count). The fraction of sp³-hybridized carbons (Fsp3) is 0.143. The van der Waals surface area contributed by atoms with Crippen molar-refractivity contribution < 1.29 is 9.59 Å². The molecule has 0 unspecified atom stereocenters. The van der Waals surface area contributed by atoms with E-state index in [0.717, 1.165) is 34.3 Å². The minimum Gasteiger partial charge on any atom is -0.385 e. The molecule has 5 nitrogen and oxygen atoms in total. The van der Waals surface area contributed by atoms with Crippen LogP contribution >= 0.6 is 0 Å². The number of hydrogen-bond acceptors (Lipinski definition) is 3. The normalized spacial score (nSPS) is 14.2. The van der Waals surface area contributed by atoms with Gasteiger partial charge < -0.3 is 9.88 Å². The summed E-state index contributed by atoms with van der Waals surface area (Å²) in [5.74, 6) is -0.707. The minimum atomic E-state index is -0.355. The van der Waals surface area contributed by atoms with Crippen LogP contribution in [0.5, 0.6) is 0 Å². The van der Waals surface area contributed by atoms with E-state index in [4.69, 9.17) is 0 Å². The highest BCUT2D eigenvalue weighted by atomic mass is 16.2. The number of hydrogen-bond donors (Lipinski definition) is 2. The Hall–Kier alpha value is -3.34. The summed E-state index contributed by atoms with van der Waals surface area (Å²) in [6.07, 6.45) is 1.91. The van der Waals surface area contributed by atoms with Crippen molar-refractivity contribution in [2.24, 2.45) is 7.05 Å². The van der Waals surface area contributed by atoms with Crippen LogP contribution < -0.4 is 10.6 Å². The first kappa shape index (κ1) is 16.1. The van der Waals surface area contributed by atoms with E-state index in [1.807, 2.05) is 73.3 Å². The fourth-order valence-corrected chi connectivity index (χ4v) is 3.52. The summed E-state index contributed by atoms with van der Waals surface area (Å²) >= 11 is 0. The highest BCUT2D eigenvalue weighted by molar-refractivity contribution is 6.50. The number of amides is 2. The molecule has 2 amide bonds. The van der Waals surface area contributed by atoms with Crippen LogP contribution in [0.3, 0.4) is 0 Å². The van der Waals surface area contributed by atoms with E-state index in [0.29, 0.717) is 11.1 Å². The summed E-state index contributed by atoms with van der Waals surface area (Å²) < 4.78 is 1.97. The molecule has 3 aromatic rings. The lowest BCUT2D eigenvalue weighted by atomic mass is 9.95. The van der Waals surface area contributed by atoms with Gasteiger partial charge in [-0.1, -0.05) is 30.3 Å². The van der Waals surface area contributed by atoms with E-state index in [1.165, 1.54) is 0 Å². The molecule has 1 aromatic heterocycles. The van der Waals surface area contributed by atoms with Crippen LogP contribution in [0.25, 0.3) is 22.0 Å². The lowest BCUT2D eigenvalue weighted by molar-refractivity contribution is -0.122. The maximum Gasteiger partial charge on any atom is 0.259 e. The van der Waals surface area contributed by atoms with Crippen molar-refractivity contribution in [3.8, 4) is 0 Å². The van der Waals surface area contributed by atoms with Gasteiger partial charge in [0, 0.05) is 41.9 Å². The number of nitrogens with zero attached hydrogens (tertiary/aromatic N) is 1. The molecule has 0 radical (unpaired) electrons. The van der Waals surface area contributed by atoms with Crippen molar-refractivity contribution in [3.63, 3.8) is 0 Å². The Balaban J connectivity index is 1.97. The topological polar surface area (TPSA) is 63.1 Å². The van der Waals surface area contributed by atoms with Gasteiger partial charge in [-0.15, -0.1) is 0 Å². The Labute approximate surface area is 151 Å². The third-order valence-corrected chi connectivity index (χ3v) is 4.63. The highest BCUT2D eigenvalue weighted by Crippen LogP contribution is 2.36. The van der Waals surface area contributed by atoms with Gasteiger partial charge in [0.25, 0.3) is 11.8 Å². The smallest absolute Gasteiger partial charge is 0.259 e. The zero-order chi connectivity index (χ0) is 18.3. The Morgan fingerprint density at radius 1 is 1.00 bits per heavy atom. The monoisotopic (exact) mass is 345 g/mol. The number of benzene rings is 2. The second kappa shape index (κ2) is 6.19. The molecule has 130 valence electrons. The lowest BCUT2D eigenvalue weighted by Crippen LogP contribution is -2.22. The number of rotatable bonds is 4. The number of carbonyl (C=O) groups is 2. The van der Waals surface area contributed by atoms with Gasteiger partial charge in [0.2, 0.25) is 0 Å². The number of imide groups is 1. The zero-order valence-electron chi connectivity index (χ0n) is 14.7. The van der Waals surface area contributed by atoms with Gasteiger partial charge in [-0.25, -0.2) is 0 Å². The quantitative estimate of drug-likeness (QED) is 0.714. The summed E-state index contributed by atoms with van der Waals surface area (Å²) in [5.41, 5.74) is 4.29. The van der Waals surface area contributed by atoms with E-state index < -0.39 is 0 Å². The van der Waals surface area contributed by atoms with E-state index in [2.05, 4.69) is 10.6 Å². The molecule has 2 heterocycles. The van der Waals surface area contributed by atoms with Gasteiger partial charge >= 0.3 is 0 Å². The molecule has 26 heavy (non-hydrogen) atoms. The third-order valence-electron chi connectivity index (χ3n) is 4.63. The van der Waals surface area contributed by atoms with E-state index in [9.17, 15) is 9.59 Å². The van der Waals surface area contributed by atoms with Crippen molar-refractivity contribution in [2.75, 3.05) is 11.9 Å². The minimum absolute atomic E-state index is 0.352. The largest absolute Gasteiger partial charge is 0.385 e. The van der Waals surface area contributed by atoms with E-state index in [1.54, 1.807) is 0 Å². The van der Waals surface area contributed by atoms with Gasteiger partial charge in [-0.2, -0.15) is 0 Å². The Morgan fingerprint density at radius 3 is 2.58 bits per heavy atom. The van der Waals surface area contributed by atoms with E-state index >= 15 is 0 Å². The molecule has 2 aromatic carbocycles. The summed E-state index contributed by atoms with van der Waals surface area (Å²) in [5, 5.41) is 6.65. The van der Waals surface area contributed by atoms with Crippen LogP contribution in [0.4, 0.5) is 5.69 Å². The molecule has 0 saturated carbocycles. The van der Waals surface area contributed by atoms with Gasteiger partial charge in [0.1, 0.15) is 0 Å². The highest BCUT2D eigenvalue weighted by Gasteiger charge is 2.33. The molecular formula is C21H19N3O2. The van der Waals surface area contributed by atoms with Crippen LogP contribution in [-0.2, 0) is 16.6 Å². The number of aryl methyl sites for hydroxylation is 1. The maximum absolute atomic E-state index is 12.6. The summed E-state index contributed by atoms with van der Waals surface area (Å²) in [6, 6.07) is 15.5. The second-order valence-corrected chi connectivity index (χ2v) is 6.32. The number of para-hydroxylation sites is 1. The van der Waals surface area contributed by atoms with Gasteiger partial charge in [0.15, 0.2) is 0 Å². The molecule has 5 heteroatoms. The van der Waals surface area contributed by atoms with Gasteiger partial charge in [0.05, 0.1) is 11.1 Å². The standard InChI is InChI=1S/C21H19N3O2/c1-3-22-14-8-6-7-13(11-14)18-19(21(26)23-20(18)25)16-12-24(2)17-10-5-4-9-15(16)17/h4-12,22H,3H2,1-2H3,(H,23,25,26). The molecule has 0 spiro atoms. The Bertz CT molecular complexity index is 1080. The third kappa shape index (κ3) is 2.49. The number of anilines is 1. The van der Waals surface area contributed by atoms with Crippen LogP contribution in [0, 0.1) is 0 Å². The van der Waals surface area contributed by atoms with Crippen LogP contribution in [0.15, 0.2) is 54.7 Å². The van der Waals surface area contributed by atoms with Crippen molar-refractivity contribution in [1.82, 2.24) is 9.88 Å². The molecule has 0 atom stereocenters. The molecule has 0 saturated heterocycles. The summed E-state index contributed by atoms with van der Waals surface area (Å²) in [6.45, 7) is 2.79. The first-order valence-electron chi connectivity index (χ1n) is 8.59. The molecule has 1 aliphatic heterocycles. The van der Waals surface area contributed by atoms with Crippen molar-refractivity contribution in [3.05, 3.63) is 65.9 Å². The average Bonchev–Trinajstić information content (AvgIpc) is 3.12. The van der Waals surface area contributed by atoms with E-state index in [-0.39, 0.29) is 11.8 Å². The van der Waals surface area contributed by atoms with Crippen LogP contribution in [0.1, 0.15) is 18.1 Å². The second-order valence-electron chi connectivity index (χ2n) is 6.32. The molecule has 0 fully saturated rings. The summed E-state index contributed by atoms with van der Waals surface area (Å²) in [7, 11) is 1.94. The van der Waals surface area contributed by atoms with Crippen LogP contribution in [-0.4, -0.2) is 22.9 Å². The van der Waals surface area contributed by atoms with Crippen molar-refractivity contribution in [2.45, 2.75) is 6.92 Å². The number of fused-ring (bicyclic) bond motifs is 1. The molecule has 0 aliphatic carbocycles. The molecule has 0 bridgehead atoms. The lowest BCUT2D eigenvalue weighted by Gasteiger charge is -2.08. The van der Waals surface area contributed by atoms with Gasteiger partial charge in [-0.3, -0.25) is 14.9 Å². The van der Waals surface area contributed by atoms with Crippen molar-refractivity contribution >= 4 is 39.6 Å². The van der Waals surface area contributed by atoms with Crippen LogP contribution in [0.2, 0.25) is 0 Å². The number of carbonyl (C=O) groups excluding carboxylic acids is 2. The predicted octanol–water partition coefficient (Wildman–Crippen LogP) is 3.18. The maximum atomic E-state index is 12.6. The molecule has 1 aliphatic rings. The zero-order valence-corrected chi connectivity index (χ0v) is 14.7. The number of aromatic nitrogens is 1. The molecular weight excluding hydrogens is 326 g/mol. The fourth-order valence-electron chi connectivity index (χ4n) is 3.52. The predicted molar refractivity (Wildman–Crippen MR) is 103 cm³/mol. The number of nitrogens with one attached hydrogen (secondary N) is 2. The first-order chi connectivity index (χ1) is 12.6. The van der Waals surface area contributed by atoms with Gasteiger partial charge in [-0.05, 0) is 30.7 Å². The first-order valence-corrected chi connectivity index (χ1v) is 8.59. The summed E-state index contributed by atoms with van der Waals surface area (Å²) in [4.78, 5) is 25.2. The Morgan fingerprint density at radius 2 is 1.77 bits per heavy atom. The average molecular weight is 345 g/mol. The molecule has 2 N–H and O–H groups in total. The van der Waals surface area contributed by atoms with Crippen molar-refractivity contribution in [1.29, 1.82) is 0 Å². The Kier molecular flexibility index (Phi) is 3.84. The SMILES string of the molecule is CCNc1cccc(C2=C(c3cn(C)c4ccccc34)C(=O)NC2=O)c1.